The quantitative estimate of drug-likeness (QED) is 0.878. The molecule has 6 nitrogen and oxygen atoms in total. The molecule has 0 aliphatic carbocycles. The Morgan fingerprint density at radius 3 is 2.94 bits per heavy atom. The van der Waals surface area contributed by atoms with Gasteiger partial charge in [-0.25, -0.2) is 4.79 Å². The highest BCUT2D eigenvalue weighted by atomic mass is 79.9. The molecule has 0 spiro atoms. The van der Waals surface area contributed by atoms with Gasteiger partial charge in [0, 0.05) is 12.3 Å². The third-order valence-electron chi connectivity index (χ3n) is 1.98. The lowest BCUT2D eigenvalue weighted by Crippen LogP contribution is -2.30. The Morgan fingerprint density at radius 2 is 2.31 bits per heavy atom. The lowest BCUT2D eigenvalue weighted by atomic mass is 10.4. The summed E-state index contributed by atoms with van der Waals surface area (Å²) in [6.45, 7) is 2.02. The van der Waals surface area contributed by atoms with Gasteiger partial charge in [-0.2, -0.15) is 0 Å². The largest absolute Gasteiger partial charge is 0.361 e. The van der Waals surface area contributed by atoms with Gasteiger partial charge in [0.15, 0.2) is 0 Å². The predicted molar refractivity (Wildman–Crippen MR) is 59.4 cm³/mol. The zero-order valence-electron chi connectivity index (χ0n) is 8.36. The summed E-state index contributed by atoms with van der Waals surface area (Å²) in [5.74, 6) is 0.673. The minimum absolute atomic E-state index is 0.256. The Kier molecular flexibility index (Phi) is 2.78. The molecule has 0 saturated carbocycles. The Hall–Kier alpha value is -1.63. The molecule has 0 saturated heterocycles. The van der Waals surface area contributed by atoms with Crippen LogP contribution in [-0.2, 0) is 6.54 Å². The third kappa shape index (κ3) is 2.13. The van der Waals surface area contributed by atoms with E-state index in [1.807, 2.05) is 0 Å². The summed E-state index contributed by atoms with van der Waals surface area (Å²) < 4.78 is 6.52. The van der Waals surface area contributed by atoms with E-state index >= 15 is 0 Å². The molecule has 2 aromatic rings. The highest BCUT2D eigenvalue weighted by Crippen LogP contribution is 2.04. The van der Waals surface area contributed by atoms with Crippen molar-refractivity contribution in [1.82, 2.24) is 14.7 Å². The highest BCUT2D eigenvalue weighted by molar-refractivity contribution is 9.10. The van der Waals surface area contributed by atoms with Gasteiger partial charge in [-0.15, -0.1) is 0 Å². The number of hydrogen-bond acceptors (Lipinski definition) is 4. The van der Waals surface area contributed by atoms with Crippen molar-refractivity contribution in [3.63, 3.8) is 0 Å². The van der Waals surface area contributed by atoms with Crippen LogP contribution >= 0.6 is 15.9 Å². The first-order chi connectivity index (χ1) is 7.56. The molecule has 1 N–H and O–H groups in total. The molecule has 0 unspecified atom stereocenters. The summed E-state index contributed by atoms with van der Waals surface area (Å²) in [5.41, 5.74) is -0.301. The summed E-state index contributed by atoms with van der Waals surface area (Å²) >= 11 is 3.05. The van der Waals surface area contributed by atoms with Gasteiger partial charge in [-0.1, -0.05) is 5.16 Å². The summed E-state index contributed by atoms with van der Waals surface area (Å²) in [5, 5.41) is 3.76. The average Bonchev–Trinajstić information content (AvgIpc) is 2.60. The number of nitrogens with zero attached hydrogens (tertiary/aromatic N) is 2. The van der Waals surface area contributed by atoms with Crippen molar-refractivity contribution in [3.8, 4) is 0 Å². The zero-order chi connectivity index (χ0) is 11.7. The monoisotopic (exact) mass is 285 g/mol. The number of rotatable bonds is 2. The maximum absolute atomic E-state index is 11.4. The SMILES string of the molecule is Cc1cc(Cn2cc(Br)c(=O)[nH]c2=O)no1. The average molecular weight is 286 g/mol. The normalized spacial score (nSPS) is 10.6. The fourth-order valence-corrected chi connectivity index (χ4v) is 1.61. The predicted octanol–water partition coefficient (Wildman–Crippen LogP) is 0.644. The van der Waals surface area contributed by atoms with Crippen molar-refractivity contribution in [2.45, 2.75) is 13.5 Å². The molecule has 16 heavy (non-hydrogen) atoms. The van der Waals surface area contributed by atoms with Crippen LogP contribution in [0.3, 0.4) is 0 Å². The first kappa shape index (κ1) is 10.9. The molecule has 0 aliphatic heterocycles. The minimum atomic E-state index is -0.478. The third-order valence-corrected chi connectivity index (χ3v) is 2.54. The molecule has 7 heteroatoms. The topological polar surface area (TPSA) is 80.9 Å². The molecule has 0 aliphatic rings. The maximum atomic E-state index is 11.4. The van der Waals surface area contributed by atoms with E-state index in [2.05, 4.69) is 26.1 Å². The summed E-state index contributed by atoms with van der Waals surface area (Å²) in [6, 6.07) is 1.73. The van der Waals surface area contributed by atoms with Crippen LogP contribution < -0.4 is 11.2 Å². The molecular weight excluding hydrogens is 278 g/mol. The fourth-order valence-electron chi connectivity index (χ4n) is 1.27. The van der Waals surface area contributed by atoms with Gasteiger partial charge in [-0.05, 0) is 22.9 Å². The van der Waals surface area contributed by atoms with Crippen LogP contribution in [0.2, 0.25) is 0 Å². The molecule has 0 radical (unpaired) electrons. The molecule has 2 rings (SSSR count). The van der Waals surface area contributed by atoms with Crippen LogP contribution in [0.5, 0.6) is 0 Å². The Bertz CT molecular complexity index is 625. The molecular formula is C9H8BrN3O3. The summed E-state index contributed by atoms with van der Waals surface area (Å²) in [6.07, 6.45) is 1.42. The van der Waals surface area contributed by atoms with E-state index < -0.39 is 11.2 Å². The number of aryl methyl sites for hydroxylation is 1. The molecule has 0 atom stereocenters. The molecule has 0 amide bonds. The van der Waals surface area contributed by atoms with Gasteiger partial charge in [0.1, 0.15) is 11.5 Å². The number of halogens is 1. The molecule has 84 valence electrons. The molecule has 2 aromatic heterocycles. The van der Waals surface area contributed by atoms with Crippen LogP contribution in [0.25, 0.3) is 0 Å². The van der Waals surface area contributed by atoms with E-state index in [0.29, 0.717) is 15.9 Å². The molecule has 0 bridgehead atoms. The second kappa shape index (κ2) is 4.09. The second-order valence-corrected chi connectivity index (χ2v) is 4.15. The summed E-state index contributed by atoms with van der Waals surface area (Å²) in [4.78, 5) is 24.7. The van der Waals surface area contributed by atoms with Crippen LogP contribution in [0, 0.1) is 6.92 Å². The van der Waals surface area contributed by atoms with E-state index in [0.717, 1.165) is 0 Å². The van der Waals surface area contributed by atoms with Crippen molar-refractivity contribution < 1.29 is 4.52 Å². The van der Waals surface area contributed by atoms with Crippen molar-refractivity contribution in [2.75, 3.05) is 0 Å². The van der Waals surface area contributed by atoms with Crippen LogP contribution in [0.1, 0.15) is 11.5 Å². The zero-order valence-corrected chi connectivity index (χ0v) is 9.94. The van der Waals surface area contributed by atoms with Gasteiger partial charge in [0.05, 0.1) is 11.0 Å². The second-order valence-electron chi connectivity index (χ2n) is 3.29. The Balaban J connectivity index is 2.39. The van der Waals surface area contributed by atoms with Gasteiger partial charge >= 0.3 is 5.69 Å². The lowest BCUT2D eigenvalue weighted by Gasteiger charge is -2.01. The van der Waals surface area contributed by atoms with Crippen molar-refractivity contribution in [2.24, 2.45) is 0 Å². The van der Waals surface area contributed by atoms with Gasteiger partial charge < -0.3 is 4.52 Å². The van der Waals surface area contributed by atoms with E-state index in [9.17, 15) is 9.59 Å². The molecule has 2 heterocycles. The van der Waals surface area contributed by atoms with E-state index in [4.69, 9.17) is 4.52 Å². The standard InChI is InChI=1S/C9H8BrN3O3/c1-5-2-6(12-16-5)3-13-4-7(10)8(14)11-9(13)15/h2,4H,3H2,1H3,(H,11,14,15). The van der Waals surface area contributed by atoms with E-state index in [1.165, 1.54) is 10.8 Å². The number of hydrogen-bond donors (Lipinski definition) is 1. The van der Waals surface area contributed by atoms with Gasteiger partial charge in [0.25, 0.3) is 5.56 Å². The Labute approximate surface area is 98.0 Å². The van der Waals surface area contributed by atoms with Crippen LogP contribution in [0.4, 0.5) is 0 Å². The number of aromatic nitrogens is 3. The number of aromatic amines is 1. The lowest BCUT2D eigenvalue weighted by molar-refractivity contribution is 0.388. The van der Waals surface area contributed by atoms with Gasteiger partial charge in [-0.3, -0.25) is 14.3 Å². The fraction of sp³-hybridized carbons (Fsp3) is 0.222. The van der Waals surface area contributed by atoms with E-state index in [1.54, 1.807) is 13.0 Å². The molecule has 0 fully saturated rings. The first-order valence-electron chi connectivity index (χ1n) is 4.48. The maximum Gasteiger partial charge on any atom is 0.328 e. The Morgan fingerprint density at radius 1 is 1.56 bits per heavy atom. The van der Waals surface area contributed by atoms with Crippen LogP contribution in [-0.4, -0.2) is 14.7 Å². The van der Waals surface area contributed by atoms with Crippen molar-refractivity contribution >= 4 is 15.9 Å². The smallest absolute Gasteiger partial charge is 0.328 e. The van der Waals surface area contributed by atoms with Crippen molar-refractivity contribution in [1.29, 1.82) is 0 Å². The summed E-state index contributed by atoms with van der Waals surface area (Å²) in [7, 11) is 0. The first-order valence-corrected chi connectivity index (χ1v) is 5.27. The van der Waals surface area contributed by atoms with Crippen LogP contribution in [0.15, 0.2) is 30.8 Å². The van der Waals surface area contributed by atoms with Gasteiger partial charge in [0.2, 0.25) is 0 Å². The van der Waals surface area contributed by atoms with Crippen molar-refractivity contribution in [3.05, 3.63) is 49.0 Å². The number of nitrogens with one attached hydrogen (secondary N) is 1. The highest BCUT2D eigenvalue weighted by Gasteiger charge is 2.05. The number of H-pyrrole nitrogens is 1. The molecule has 0 aromatic carbocycles. The minimum Gasteiger partial charge on any atom is -0.361 e. The van der Waals surface area contributed by atoms with E-state index in [-0.39, 0.29) is 6.54 Å².